The molecule has 0 unspecified atom stereocenters. The molecule has 0 amide bonds. The number of hydrogen-bond acceptors (Lipinski definition) is 6. The lowest BCUT2D eigenvalue weighted by Crippen LogP contribution is -2.15. The first kappa shape index (κ1) is 20.3. The number of carbonyl (C=O) groups excluding carboxylic acids is 2. The molecule has 6 nitrogen and oxygen atoms in total. The molecule has 0 spiro atoms. The normalized spacial score (nSPS) is 10.4. The van der Waals surface area contributed by atoms with Crippen molar-refractivity contribution in [3.63, 3.8) is 0 Å². The van der Waals surface area contributed by atoms with Gasteiger partial charge in [0, 0.05) is 0 Å². The van der Waals surface area contributed by atoms with E-state index >= 15 is 0 Å². The van der Waals surface area contributed by atoms with Crippen LogP contribution in [0.1, 0.15) is 34.6 Å². The number of hydrogen-bond donors (Lipinski definition) is 0. The lowest BCUT2D eigenvalue weighted by molar-refractivity contribution is 0.0473. The van der Waals surface area contributed by atoms with Crippen LogP contribution < -0.4 is 14.2 Å². The average Bonchev–Trinajstić information content (AvgIpc) is 2.69. The topological polar surface area (TPSA) is 71.1 Å². The van der Waals surface area contributed by atoms with Crippen LogP contribution in [0.25, 0.3) is 0 Å². The van der Waals surface area contributed by atoms with Crippen molar-refractivity contribution in [2.24, 2.45) is 5.92 Å². The van der Waals surface area contributed by atoms with E-state index in [9.17, 15) is 9.59 Å². The van der Waals surface area contributed by atoms with Crippen LogP contribution >= 0.6 is 0 Å². The molecule has 0 aliphatic carbocycles. The number of methoxy groups -OCH3 is 2. The SMILES string of the molecule is COc1cc(C(=O)OCC(=O)c2ccccc2OC)ccc1OCC(C)C. The van der Waals surface area contributed by atoms with Crippen LogP contribution in [0.15, 0.2) is 42.5 Å². The predicted molar refractivity (Wildman–Crippen MR) is 101 cm³/mol. The van der Waals surface area contributed by atoms with E-state index in [2.05, 4.69) is 0 Å². The van der Waals surface area contributed by atoms with Crippen molar-refractivity contribution < 1.29 is 28.5 Å². The van der Waals surface area contributed by atoms with Gasteiger partial charge in [-0.15, -0.1) is 0 Å². The molecule has 0 saturated carbocycles. The molecule has 0 radical (unpaired) electrons. The minimum Gasteiger partial charge on any atom is -0.496 e. The first-order valence-corrected chi connectivity index (χ1v) is 8.60. The summed E-state index contributed by atoms with van der Waals surface area (Å²) < 4.78 is 21.2. The minimum atomic E-state index is -0.619. The number of esters is 1. The highest BCUT2D eigenvalue weighted by molar-refractivity contribution is 6.01. The largest absolute Gasteiger partial charge is 0.496 e. The van der Waals surface area contributed by atoms with E-state index < -0.39 is 5.97 Å². The first-order valence-electron chi connectivity index (χ1n) is 8.60. The minimum absolute atomic E-state index is 0.275. The molecule has 0 aromatic heterocycles. The summed E-state index contributed by atoms with van der Waals surface area (Å²) in [5.41, 5.74) is 0.638. The maximum Gasteiger partial charge on any atom is 0.338 e. The van der Waals surface area contributed by atoms with E-state index in [1.807, 2.05) is 13.8 Å². The molecular weight excluding hydrogens is 348 g/mol. The Balaban J connectivity index is 2.04. The Morgan fingerprint density at radius 2 is 1.63 bits per heavy atom. The molecule has 27 heavy (non-hydrogen) atoms. The Bertz CT molecular complexity index is 797. The molecule has 2 rings (SSSR count). The van der Waals surface area contributed by atoms with Crippen LogP contribution in [0, 0.1) is 5.92 Å². The molecule has 2 aromatic carbocycles. The molecule has 0 bridgehead atoms. The number of Topliss-reactive ketones (excluding diaryl/α,β-unsaturated/α-hetero) is 1. The van der Waals surface area contributed by atoms with Gasteiger partial charge in [-0.25, -0.2) is 4.79 Å². The summed E-state index contributed by atoms with van der Waals surface area (Å²) in [6.07, 6.45) is 0. The monoisotopic (exact) mass is 372 g/mol. The van der Waals surface area contributed by atoms with Gasteiger partial charge in [0.15, 0.2) is 18.1 Å². The maximum absolute atomic E-state index is 12.3. The number of ketones is 1. The highest BCUT2D eigenvalue weighted by Gasteiger charge is 2.17. The third-order valence-corrected chi connectivity index (χ3v) is 3.71. The van der Waals surface area contributed by atoms with E-state index in [1.165, 1.54) is 20.3 Å². The molecule has 0 aliphatic heterocycles. The summed E-state index contributed by atoms with van der Waals surface area (Å²) in [5, 5.41) is 0. The van der Waals surface area contributed by atoms with Crippen LogP contribution in [0.5, 0.6) is 17.2 Å². The van der Waals surface area contributed by atoms with Crippen molar-refractivity contribution in [3.05, 3.63) is 53.6 Å². The Kier molecular flexibility index (Phi) is 7.23. The van der Waals surface area contributed by atoms with Crippen LogP contribution in [-0.4, -0.2) is 39.2 Å². The van der Waals surface area contributed by atoms with Crippen molar-refractivity contribution in [1.82, 2.24) is 0 Å². The molecule has 0 heterocycles. The molecule has 2 aromatic rings. The number of carbonyl (C=O) groups is 2. The second-order valence-electron chi connectivity index (χ2n) is 6.27. The summed E-state index contributed by atoms with van der Waals surface area (Å²) in [4.78, 5) is 24.6. The number of ether oxygens (including phenoxy) is 4. The van der Waals surface area contributed by atoms with Gasteiger partial charge in [0.1, 0.15) is 5.75 Å². The van der Waals surface area contributed by atoms with Gasteiger partial charge in [-0.1, -0.05) is 26.0 Å². The molecule has 144 valence electrons. The quantitative estimate of drug-likeness (QED) is 0.493. The third kappa shape index (κ3) is 5.48. The zero-order valence-corrected chi connectivity index (χ0v) is 16.0. The second-order valence-corrected chi connectivity index (χ2v) is 6.27. The Hall–Kier alpha value is -3.02. The molecule has 0 saturated heterocycles. The van der Waals surface area contributed by atoms with E-state index in [0.29, 0.717) is 35.3 Å². The fourth-order valence-electron chi connectivity index (χ4n) is 2.34. The van der Waals surface area contributed by atoms with Crippen molar-refractivity contribution in [2.45, 2.75) is 13.8 Å². The van der Waals surface area contributed by atoms with E-state index in [-0.39, 0.29) is 18.0 Å². The summed E-state index contributed by atoms with van der Waals surface area (Å²) in [5.74, 6) is 0.817. The highest BCUT2D eigenvalue weighted by atomic mass is 16.5. The number of benzene rings is 2. The predicted octanol–water partition coefficient (Wildman–Crippen LogP) is 3.78. The van der Waals surface area contributed by atoms with Gasteiger partial charge < -0.3 is 18.9 Å². The maximum atomic E-state index is 12.3. The summed E-state index contributed by atoms with van der Waals surface area (Å²) >= 11 is 0. The van der Waals surface area contributed by atoms with Crippen LogP contribution in [0.2, 0.25) is 0 Å². The highest BCUT2D eigenvalue weighted by Crippen LogP contribution is 2.29. The number of rotatable bonds is 9. The smallest absolute Gasteiger partial charge is 0.338 e. The van der Waals surface area contributed by atoms with Gasteiger partial charge in [0.25, 0.3) is 0 Å². The van der Waals surface area contributed by atoms with E-state index in [4.69, 9.17) is 18.9 Å². The fourth-order valence-corrected chi connectivity index (χ4v) is 2.34. The van der Waals surface area contributed by atoms with Crippen LogP contribution in [0.3, 0.4) is 0 Å². The van der Waals surface area contributed by atoms with Crippen molar-refractivity contribution in [3.8, 4) is 17.2 Å². The first-order chi connectivity index (χ1) is 13.0. The lowest BCUT2D eigenvalue weighted by atomic mass is 10.1. The molecular formula is C21H24O6. The van der Waals surface area contributed by atoms with Gasteiger partial charge >= 0.3 is 5.97 Å². The van der Waals surface area contributed by atoms with E-state index in [1.54, 1.807) is 36.4 Å². The molecule has 6 heteroatoms. The fraction of sp³-hybridized carbons (Fsp3) is 0.333. The van der Waals surface area contributed by atoms with Gasteiger partial charge in [0.2, 0.25) is 5.78 Å². The molecule has 0 atom stereocenters. The number of para-hydroxylation sites is 1. The van der Waals surface area contributed by atoms with Gasteiger partial charge in [-0.05, 0) is 36.2 Å². The van der Waals surface area contributed by atoms with Crippen molar-refractivity contribution in [2.75, 3.05) is 27.4 Å². The summed E-state index contributed by atoms with van der Waals surface area (Å²) in [6.45, 7) is 4.23. The van der Waals surface area contributed by atoms with Crippen LogP contribution in [0.4, 0.5) is 0 Å². The third-order valence-electron chi connectivity index (χ3n) is 3.71. The van der Waals surface area contributed by atoms with Crippen molar-refractivity contribution in [1.29, 1.82) is 0 Å². The summed E-state index contributed by atoms with van der Waals surface area (Å²) in [7, 11) is 2.98. The molecule has 0 fully saturated rings. The second kappa shape index (κ2) is 9.62. The average molecular weight is 372 g/mol. The van der Waals surface area contributed by atoms with Gasteiger partial charge in [-0.2, -0.15) is 0 Å². The van der Waals surface area contributed by atoms with Crippen LogP contribution in [-0.2, 0) is 4.74 Å². The Labute approximate surface area is 159 Å². The molecule has 0 N–H and O–H groups in total. The van der Waals surface area contributed by atoms with Crippen molar-refractivity contribution >= 4 is 11.8 Å². The van der Waals surface area contributed by atoms with Gasteiger partial charge in [-0.3, -0.25) is 4.79 Å². The zero-order chi connectivity index (χ0) is 19.8. The standard InChI is InChI=1S/C21H24O6/c1-14(2)12-26-19-10-9-15(11-20(19)25-4)21(23)27-13-17(22)16-7-5-6-8-18(16)24-3/h5-11,14H,12-13H2,1-4H3. The van der Waals surface area contributed by atoms with Gasteiger partial charge in [0.05, 0.1) is 32.0 Å². The summed E-state index contributed by atoms with van der Waals surface area (Å²) in [6, 6.07) is 11.5. The zero-order valence-electron chi connectivity index (χ0n) is 16.0. The Morgan fingerprint density at radius 3 is 2.30 bits per heavy atom. The molecule has 0 aliphatic rings. The van der Waals surface area contributed by atoms with E-state index in [0.717, 1.165) is 0 Å². The lowest BCUT2D eigenvalue weighted by Gasteiger charge is -2.13. The Morgan fingerprint density at radius 1 is 0.926 bits per heavy atom.